The zero-order valence-corrected chi connectivity index (χ0v) is 11.1. The highest BCUT2D eigenvalue weighted by Crippen LogP contribution is 2.23. The smallest absolute Gasteiger partial charge is 0.137 e. The second-order valence-corrected chi connectivity index (χ2v) is 4.74. The fraction of sp³-hybridized carbons (Fsp3) is 0.667. The molecule has 17 heavy (non-hydrogen) atoms. The maximum Gasteiger partial charge on any atom is 0.137 e. The molecule has 0 saturated heterocycles. The fourth-order valence-electron chi connectivity index (χ4n) is 1.83. The van der Waals surface area contributed by atoms with Gasteiger partial charge in [0.15, 0.2) is 0 Å². The molecule has 0 bridgehead atoms. The minimum atomic E-state index is -0.763. The van der Waals surface area contributed by atoms with Gasteiger partial charge in [-0.1, -0.05) is 6.92 Å². The molecule has 0 radical (unpaired) electrons. The number of aromatic nitrogens is 2. The van der Waals surface area contributed by atoms with E-state index in [-0.39, 0.29) is 0 Å². The summed E-state index contributed by atoms with van der Waals surface area (Å²) in [5.74, 6) is 1.34. The van der Waals surface area contributed by atoms with Gasteiger partial charge in [-0.3, -0.25) is 0 Å². The molecule has 5 heteroatoms. The zero-order valence-electron chi connectivity index (χ0n) is 11.1. The molecule has 0 spiro atoms. The highest BCUT2D eigenvalue weighted by atomic mass is 16.3. The zero-order chi connectivity index (χ0) is 13.1. The SMILES string of the molecule is CCc1c(N)ncnc1N(CC)CC(C)(C)O. The maximum atomic E-state index is 9.90. The van der Waals surface area contributed by atoms with Gasteiger partial charge in [0.25, 0.3) is 0 Å². The Morgan fingerprint density at radius 2 is 2.00 bits per heavy atom. The second-order valence-electron chi connectivity index (χ2n) is 4.74. The van der Waals surface area contributed by atoms with Crippen molar-refractivity contribution in [3.05, 3.63) is 11.9 Å². The summed E-state index contributed by atoms with van der Waals surface area (Å²) in [6.07, 6.45) is 2.25. The first kappa shape index (κ1) is 13.7. The summed E-state index contributed by atoms with van der Waals surface area (Å²) in [5.41, 5.74) is 6.03. The van der Waals surface area contributed by atoms with Crippen LogP contribution in [0.4, 0.5) is 11.6 Å². The Labute approximate surface area is 103 Å². The number of rotatable bonds is 5. The summed E-state index contributed by atoms with van der Waals surface area (Å²) in [5, 5.41) is 9.90. The average Bonchev–Trinajstić information content (AvgIpc) is 2.24. The molecule has 0 amide bonds. The van der Waals surface area contributed by atoms with Crippen LogP contribution in [0.5, 0.6) is 0 Å². The summed E-state index contributed by atoms with van der Waals surface area (Å²) in [4.78, 5) is 10.3. The van der Waals surface area contributed by atoms with Gasteiger partial charge in [0.05, 0.1) is 5.60 Å². The van der Waals surface area contributed by atoms with Gasteiger partial charge in [0.2, 0.25) is 0 Å². The summed E-state index contributed by atoms with van der Waals surface area (Å²) in [6, 6.07) is 0. The van der Waals surface area contributed by atoms with E-state index in [0.29, 0.717) is 12.4 Å². The number of nitrogens with zero attached hydrogens (tertiary/aromatic N) is 3. The number of hydrogen-bond donors (Lipinski definition) is 2. The molecule has 0 aliphatic heterocycles. The van der Waals surface area contributed by atoms with Crippen LogP contribution < -0.4 is 10.6 Å². The average molecular weight is 238 g/mol. The molecule has 0 fully saturated rings. The molecule has 0 atom stereocenters. The van der Waals surface area contributed by atoms with Crippen LogP contribution in [0.25, 0.3) is 0 Å². The molecule has 96 valence electrons. The quantitative estimate of drug-likeness (QED) is 0.806. The molecule has 0 aromatic carbocycles. The lowest BCUT2D eigenvalue weighted by molar-refractivity contribution is 0.0874. The van der Waals surface area contributed by atoms with Crippen LogP contribution in [0, 0.1) is 0 Å². The van der Waals surface area contributed by atoms with E-state index >= 15 is 0 Å². The lowest BCUT2D eigenvalue weighted by atomic mass is 10.1. The van der Waals surface area contributed by atoms with Gasteiger partial charge in [-0.05, 0) is 27.2 Å². The van der Waals surface area contributed by atoms with Crippen LogP contribution in [-0.2, 0) is 6.42 Å². The van der Waals surface area contributed by atoms with Gasteiger partial charge in [0.1, 0.15) is 18.0 Å². The molecule has 0 saturated carbocycles. The first-order valence-electron chi connectivity index (χ1n) is 5.95. The van der Waals surface area contributed by atoms with E-state index in [2.05, 4.69) is 9.97 Å². The van der Waals surface area contributed by atoms with Crippen LogP contribution in [0.1, 0.15) is 33.3 Å². The second kappa shape index (κ2) is 5.31. The van der Waals surface area contributed by atoms with Crippen molar-refractivity contribution in [2.45, 2.75) is 39.7 Å². The Bertz CT molecular complexity index is 373. The van der Waals surface area contributed by atoms with Gasteiger partial charge in [-0.2, -0.15) is 0 Å². The van der Waals surface area contributed by atoms with Gasteiger partial charge in [-0.15, -0.1) is 0 Å². The standard InChI is InChI=1S/C12H22N4O/c1-5-9-10(13)14-8-15-11(9)16(6-2)7-12(3,4)17/h8,17H,5-7H2,1-4H3,(H2,13,14,15). The third-order valence-electron chi connectivity index (χ3n) is 2.57. The molecule has 1 rings (SSSR count). The van der Waals surface area contributed by atoms with E-state index in [4.69, 9.17) is 5.73 Å². The van der Waals surface area contributed by atoms with Crippen LogP contribution in [0.15, 0.2) is 6.33 Å². The molecule has 5 nitrogen and oxygen atoms in total. The molecule has 0 aliphatic carbocycles. The third-order valence-corrected chi connectivity index (χ3v) is 2.57. The Morgan fingerprint density at radius 3 is 2.47 bits per heavy atom. The Morgan fingerprint density at radius 1 is 1.35 bits per heavy atom. The van der Waals surface area contributed by atoms with Crippen molar-refractivity contribution in [2.75, 3.05) is 23.7 Å². The minimum Gasteiger partial charge on any atom is -0.389 e. The Kier molecular flexibility index (Phi) is 4.28. The Hall–Kier alpha value is -1.36. The number of aliphatic hydroxyl groups is 1. The summed E-state index contributed by atoms with van der Waals surface area (Å²) < 4.78 is 0. The van der Waals surface area contributed by atoms with Crippen LogP contribution >= 0.6 is 0 Å². The fourth-order valence-corrected chi connectivity index (χ4v) is 1.83. The van der Waals surface area contributed by atoms with E-state index in [1.165, 1.54) is 6.33 Å². The van der Waals surface area contributed by atoms with E-state index in [0.717, 1.165) is 24.3 Å². The molecule has 1 heterocycles. The molecular weight excluding hydrogens is 216 g/mol. The highest BCUT2D eigenvalue weighted by molar-refractivity contribution is 5.56. The van der Waals surface area contributed by atoms with Crippen molar-refractivity contribution < 1.29 is 5.11 Å². The van der Waals surface area contributed by atoms with Crippen molar-refractivity contribution in [1.82, 2.24) is 9.97 Å². The summed E-state index contributed by atoms with van der Waals surface area (Å²) >= 11 is 0. The number of hydrogen-bond acceptors (Lipinski definition) is 5. The van der Waals surface area contributed by atoms with Gasteiger partial charge in [-0.25, -0.2) is 9.97 Å². The third kappa shape index (κ3) is 3.56. The van der Waals surface area contributed by atoms with Gasteiger partial charge in [0, 0.05) is 18.7 Å². The molecular formula is C12H22N4O. The van der Waals surface area contributed by atoms with Crippen LogP contribution in [-0.4, -0.2) is 33.8 Å². The number of nitrogen functional groups attached to an aromatic ring is 1. The molecule has 0 unspecified atom stereocenters. The minimum absolute atomic E-state index is 0.520. The van der Waals surface area contributed by atoms with E-state index in [1.807, 2.05) is 18.7 Å². The van der Waals surface area contributed by atoms with Crippen molar-refractivity contribution >= 4 is 11.6 Å². The van der Waals surface area contributed by atoms with E-state index in [9.17, 15) is 5.11 Å². The summed E-state index contributed by atoms with van der Waals surface area (Å²) in [6.45, 7) is 8.91. The predicted molar refractivity (Wildman–Crippen MR) is 70.0 cm³/mol. The molecule has 0 aliphatic rings. The normalized spacial score (nSPS) is 11.6. The van der Waals surface area contributed by atoms with E-state index in [1.54, 1.807) is 13.8 Å². The highest BCUT2D eigenvalue weighted by Gasteiger charge is 2.21. The van der Waals surface area contributed by atoms with Crippen molar-refractivity contribution in [3.63, 3.8) is 0 Å². The van der Waals surface area contributed by atoms with Gasteiger partial charge < -0.3 is 15.7 Å². The van der Waals surface area contributed by atoms with Gasteiger partial charge >= 0.3 is 0 Å². The van der Waals surface area contributed by atoms with Crippen LogP contribution in [0.3, 0.4) is 0 Å². The van der Waals surface area contributed by atoms with Crippen LogP contribution in [0.2, 0.25) is 0 Å². The number of likely N-dealkylation sites (N-methyl/N-ethyl adjacent to an activating group) is 1. The topological polar surface area (TPSA) is 75.3 Å². The van der Waals surface area contributed by atoms with Crippen molar-refractivity contribution in [1.29, 1.82) is 0 Å². The van der Waals surface area contributed by atoms with Crippen molar-refractivity contribution in [2.24, 2.45) is 0 Å². The number of anilines is 2. The predicted octanol–water partition coefficient (Wildman–Crippen LogP) is 1.22. The first-order chi connectivity index (χ1) is 7.89. The first-order valence-corrected chi connectivity index (χ1v) is 5.95. The molecule has 3 N–H and O–H groups in total. The number of nitrogens with two attached hydrogens (primary N) is 1. The van der Waals surface area contributed by atoms with E-state index < -0.39 is 5.60 Å². The Balaban J connectivity index is 3.07. The maximum absolute atomic E-state index is 9.90. The lowest BCUT2D eigenvalue weighted by Crippen LogP contribution is -2.39. The lowest BCUT2D eigenvalue weighted by Gasteiger charge is -2.30. The van der Waals surface area contributed by atoms with Crippen molar-refractivity contribution in [3.8, 4) is 0 Å². The molecule has 1 aromatic rings. The summed E-state index contributed by atoms with van der Waals surface area (Å²) in [7, 11) is 0. The monoisotopic (exact) mass is 238 g/mol. The molecule has 1 aromatic heterocycles. The largest absolute Gasteiger partial charge is 0.389 e.